The maximum absolute atomic E-state index is 5.88. The van der Waals surface area contributed by atoms with Gasteiger partial charge in [-0.1, -0.05) is 28.1 Å². The van der Waals surface area contributed by atoms with Gasteiger partial charge in [0.05, 0.1) is 5.69 Å². The second kappa shape index (κ2) is 5.19. The number of nitrogen functional groups attached to an aromatic ring is 1. The van der Waals surface area contributed by atoms with Crippen molar-refractivity contribution in [3.63, 3.8) is 0 Å². The Kier molecular flexibility index (Phi) is 3.64. The summed E-state index contributed by atoms with van der Waals surface area (Å²) in [6.45, 7) is 2.68. The van der Waals surface area contributed by atoms with E-state index in [0.29, 0.717) is 12.2 Å². The van der Waals surface area contributed by atoms with Crippen molar-refractivity contribution < 1.29 is 0 Å². The van der Waals surface area contributed by atoms with Crippen LogP contribution in [0.25, 0.3) is 0 Å². The fraction of sp³-hybridized carbons (Fsp3) is 0.154. The Morgan fingerprint density at radius 1 is 1.35 bits per heavy atom. The number of nitrogens with one attached hydrogen (secondary N) is 1. The molecular formula is C13H14BrN3. The molecule has 17 heavy (non-hydrogen) atoms. The van der Waals surface area contributed by atoms with Gasteiger partial charge < -0.3 is 11.1 Å². The van der Waals surface area contributed by atoms with Gasteiger partial charge in [0.2, 0.25) is 0 Å². The molecule has 4 heteroatoms. The minimum Gasteiger partial charge on any atom is -0.396 e. The molecule has 0 aliphatic heterocycles. The van der Waals surface area contributed by atoms with Crippen molar-refractivity contribution in [2.75, 3.05) is 11.1 Å². The first kappa shape index (κ1) is 11.9. The van der Waals surface area contributed by atoms with Gasteiger partial charge in [0.1, 0.15) is 5.82 Å². The minimum atomic E-state index is 0.681. The molecule has 0 fully saturated rings. The van der Waals surface area contributed by atoms with Crippen LogP contribution in [-0.2, 0) is 6.54 Å². The Hall–Kier alpha value is -1.55. The number of anilines is 2. The highest BCUT2D eigenvalue weighted by Crippen LogP contribution is 2.18. The average Bonchev–Trinajstić information content (AvgIpc) is 2.28. The van der Waals surface area contributed by atoms with E-state index in [2.05, 4.69) is 38.4 Å². The predicted molar refractivity (Wildman–Crippen MR) is 74.9 cm³/mol. The lowest BCUT2D eigenvalue weighted by atomic mass is 10.2. The van der Waals surface area contributed by atoms with Crippen molar-refractivity contribution >= 4 is 27.4 Å². The van der Waals surface area contributed by atoms with Gasteiger partial charge in [0, 0.05) is 17.2 Å². The Labute approximate surface area is 109 Å². The third kappa shape index (κ3) is 3.20. The second-order valence-corrected chi connectivity index (χ2v) is 4.85. The van der Waals surface area contributed by atoms with Crippen molar-refractivity contribution in [2.45, 2.75) is 13.5 Å². The van der Waals surface area contributed by atoms with Gasteiger partial charge in [-0.05, 0) is 36.2 Å². The molecule has 0 saturated carbocycles. The van der Waals surface area contributed by atoms with Gasteiger partial charge >= 0.3 is 0 Å². The van der Waals surface area contributed by atoms with E-state index in [4.69, 9.17) is 5.73 Å². The molecule has 0 aliphatic rings. The van der Waals surface area contributed by atoms with Crippen LogP contribution in [0.2, 0.25) is 0 Å². The number of pyridine rings is 1. The van der Waals surface area contributed by atoms with Crippen molar-refractivity contribution in [1.82, 2.24) is 4.98 Å². The van der Waals surface area contributed by atoms with E-state index in [0.717, 1.165) is 15.9 Å². The average molecular weight is 292 g/mol. The quantitative estimate of drug-likeness (QED) is 0.912. The zero-order chi connectivity index (χ0) is 12.3. The van der Waals surface area contributed by atoms with Gasteiger partial charge in [0.15, 0.2) is 0 Å². The van der Waals surface area contributed by atoms with E-state index >= 15 is 0 Å². The Balaban J connectivity index is 2.07. The highest BCUT2D eigenvalue weighted by molar-refractivity contribution is 9.10. The molecular weight excluding hydrogens is 278 g/mol. The molecule has 0 bridgehead atoms. The number of aryl methyl sites for hydroxylation is 1. The molecule has 0 amide bonds. The predicted octanol–water partition coefficient (Wildman–Crippen LogP) is 3.35. The first-order valence-electron chi connectivity index (χ1n) is 5.35. The molecule has 0 aliphatic carbocycles. The number of nitrogens with zero attached hydrogens (tertiary/aromatic N) is 1. The summed E-state index contributed by atoms with van der Waals surface area (Å²) < 4.78 is 1.07. The summed E-state index contributed by atoms with van der Waals surface area (Å²) in [5, 5.41) is 3.23. The smallest absolute Gasteiger partial charge is 0.149 e. The van der Waals surface area contributed by atoms with Crippen molar-refractivity contribution in [1.29, 1.82) is 0 Å². The molecule has 3 N–H and O–H groups in total. The molecule has 0 saturated heterocycles. The first-order chi connectivity index (χ1) is 8.15. The van der Waals surface area contributed by atoms with E-state index in [9.17, 15) is 0 Å². The highest BCUT2D eigenvalue weighted by atomic mass is 79.9. The number of hydrogen-bond donors (Lipinski definition) is 2. The normalized spacial score (nSPS) is 10.2. The summed E-state index contributed by atoms with van der Waals surface area (Å²) in [6.07, 6.45) is 1.81. The number of halogens is 1. The summed E-state index contributed by atoms with van der Waals surface area (Å²) in [4.78, 5) is 4.27. The van der Waals surface area contributed by atoms with Crippen LogP contribution in [-0.4, -0.2) is 4.98 Å². The topological polar surface area (TPSA) is 50.9 Å². The fourth-order valence-corrected chi connectivity index (χ4v) is 2.02. The molecule has 0 radical (unpaired) electrons. The monoisotopic (exact) mass is 291 g/mol. The third-order valence-electron chi connectivity index (χ3n) is 2.40. The molecule has 1 aromatic heterocycles. The first-order valence-corrected chi connectivity index (χ1v) is 6.15. The SMILES string of the molecule is Cc1cnc(NCc2cccc(Br)c2)c(N)c1. The van der Waals surface area contributed by atoms with Crippen LogP contribution < -0.4 is 11.1 Å². The van der Waals surface area contributed by atoms with Gasteiger partial charge in [-0.25, -0.2) is 4.98 Å². The summed E-state index contributed by atoms with van der Waals surface area (Å²) in [5.41, 5.74) is 8.81. The maximum atomic E-state index is 5.88. The fourth-order valence-electron chi connectivity index (χ4n) is 1.57. The van der Waals surface area contributed by atoms with E-state index < -0.39 is 0 Å². The van der Waals surface area contributed by atoms with Crippen LogP contribution in [0.3, 0.4) is 0 Å². The van der Waals surface area contributed by atoms with Gasteiger partial charge in [-0.2, -0.15) is 0 Å². The number of rotatable bonds is 3. The maximum Gasteiger partial charge on any atom is 0.149 e. The molecule has 1 aromatic carbocycles. The van der Waals surface area contributed by atoms with Crippen LogP contribution in [0.5, 0.6) is 0 Å². The molecule has 1 heterocycles. The van der Waals surface area contributed by atoms with E-state index in [1.807, 2.05) is 25.1 Å². The Bertz CT molecular complexity index is 526. The lowest BCUT2D eigenvalue weighted by Crippen LogP contribution is -2.04. The second-order valence-electron chi connectivity index (χ2n) is 3.93. The van der Waals surface area contributed by atoms with E-state index in [1.54, 1.807) is 6.20 Å². The Morgan fingerprint density at radius 3 is 2.88 bits per heavy atom. The summed E-state index contributed by atoms with van der Waals surface area (Å²) in [5.74, 6) is 0.732. The summed E-state index contributed by atoms with van der Waals surface area (Å²) >= 11 is 3.44. The number of hydrogen-bond acceptors (Lipinski definition) is 3. The molecule has 0 atom stereocenters. The molecule has 2 aromatic rings. The number of aromatic nitrogens is 1. The largest absolute Gasteiger partial charge is 0.396 e. The van der Waals surface area contributed by atoms with Gasteiger partial charge in [-0.3, -0.25) is 0 Å². The molecule has 0 spiro atoms. The van der Waals surface area contributed by atoms with Gasteiger partial charge in [0.25, 0.3) is 0 Å². The zero-order valence-electron chi connectivity index (χ0n) is 9.57. The number of benzene rings is 1. The lowest BCUT2D eigenvalue weighted by Gasteiger charge is -2.09. The van der Waals surface area contributed by atoms with Crippen LogP contribution >= 0.6 is 15.9 Å². The molecule has 88 valence electrons. The van der Waals surface area contributed by atoms with Crippen LogP contribution in [0.4, 0.5) is 11.5 Å². The van der Waals surface area contributed by atoms with Crippen LogP contribution in [0, 0.1) is 6.92 Å². The lowest BCUT2D eigenvalue weighted by molar-refractivity contribution is 1.11. The number of nitrogens with two attached hydrogens (primary N) is 1. The summed E-state index contributed by atoms with van der Waals surface area (Å²) in [7, 11) is 0. The van der Waals surface area contributed by atoms with Crippen molar-refractivity contribution in [3.05, 3.63) is 52.1 Å². The van der Waals surface area contributed by atoms with Crippen LogP contribution in [0.1, 0.15) is 11.1 Å². The van der Waals surface area contributed by atoms with Crippen molar-refractivity contribution in [3.8, 4) is 0 Å². The molecule has 0 unspecified atom stereocenters. The standard InChI is InChI=1S/C13H14BrN3/c1-9-5-12(15)13(16-7-9)17-8-10-3-2-4-11(14)6-10/h2-7H,8,15H2,1H3,(H,16,17). The van der Waals surface area contributed by atoms with E-state index in [-0.39, 0.29) is 0 Å². The van der Waals surface area contributed by atoms with E-state index in [1.165, 1.54) is 5.56 Å². The third-order valence-corrected chi connectivity index (χ3v) is 2.90. The van der Waals surface area contributed by atoms with Crippen molar-refractivity contribution in [2.24, 2.45) is 0 Å². The minimum absolute atomic E-state index is 0.681. The highest BCUT2D eigenvalue weighted by Gasteiger charge is 2.00. The van der Waals surface area contributed by atoms with Gasteiger partial charge in [-0.15, -0.1) is 0 Å². The van der Waals surface area contributed by atoms with Crippen LogP contribution in [0.15, 0.2) is 41.0 Å². The molecule has 3 nitrogen and oxygen atoms in total. The summed E-state index contributed by atoms with van der Waals surface area (Å²) in [6, 6.07) is 10.0. The Morgan fingerprint density at radius 2 is 2.18 bits per heavy atom. The molecule has 2 rings (SSSR count). The zero-order valence-corrected chi connectivity index (χ0v) is 11.2.